The molecule has 0 radical (unpaired) electrons. The largest absolute Gasteiger partial charge is 0.465 e. The van der Waals surface area contributed by atoms with Gasteiger partial charge in [-0.25, -0.2) is 17.9 Å². The van der Waals surface area contributed by atoms with Crippen molar-refractivity contribution < 1.29 is 17.9 Å². The molecule has 5 nitrogen and oxygen atoms in total. The molecule has 0 aliphatic heterocycles. The molecule has 2 rings (SSSR count). The Kier molecular flexibility index (Phi) is 5.98. The van der Waals surface area contributed by atoms with Gasteiger partial charge in [-0.1, -0.05) is 43.7 Å². The van der Waals surface area contributed by atoms with Crippen molar-refractivity contribution in [1.82, 2.24) is 4.72 Å². The van der Waals surface area contributed by atoms with Crippen molar-refractivity contribution in [2.24, 2.45) is 5.92 Å². The van der Waals surface area contributed by atoms with Gasteiger partial charge in [0.05, 0.1) is 17.6 Å². The van der Waals surface area contributed by atoms with Gasteiger partial charge in [0.2, 0.25) is 10.0 Å². The molecule has 0 spiro atoms. The monoisotopic (exact) mass is 361 g/mol. The number of aryl methyl sites for hydroxylation is 1. The van der Waals surface area contributed by atoms with Crippen LogP contribution in [0.4, 0.5) is 0 Å². The summed E-state index contributed by atoms with van der Waals surface area (Å²) in [6.07, 6.45) is 0. The molecule has 0 saturated heterocycles. The van der Waals surface area contributed by atoms with Gasteiger partial charge in [0.1, 0.15) is 0 Å². The molecule has 0 fully saturated rings. The smallest absolute Gasteiger partial charge is 0.337 e. The summed E-state index contributed by atoms with van der Waals surface area (Å²) >= 11 is 0. The number of benzene rings is 2. The number of carbonyl (C=O) groups excluding carboxylic acids is 1. The summed E-state index contributed by atoms with van der Waals surface area (Å²) in [6, 6.07) is 13.1. The number of nitrogens with one attached hydrogen (secondary N) is 1. The maximum atomic E-state index is 12.7. The third kappa shape index (κ3) is 4.67. The highest BCUT2D eigenvalue weighted by Crippen LogP contribution is 2.25. The third-order valence-electron chi connectivity index (χ3n) is 3.97. The van der Waals surface area contributed by atoms with Gasteiger partial charge in [0.25, 0.3) is 0 Å². The number of sulfonamides is 1. The van der Waals surface area contributed by atoms with Gasteiger partial charge in [-0.15, -0.1) is 0 Å². The lowest BCUT2D eigenvalue weighted by Crippen LogP contribution is -2.31. The first-order valence-corrected chi connectivity index (χ1v) is 9.50. The van der Waals surface area contributed by atoms with E-state index in [1.54, 1.807) is 48.5 Å². The summed E-state index contributed by atoms with van der Waals surface area (Å²) in [5.41, 5.74) is 2.21. The topological polar surface area (TPSA) is 72.5 Å². The lowest BCUT2D eigenvalue weighted by molar-refractivity contribution is 0.0600. The zero-order valence-electron chi connectivity index (χ0n) is 14.8. The Balaban J connectivity index is 2.29. The quantitative estimate of drug-likeness (QED) is 0.800. The van der Waals surface area contributed by atoms with Crippen LogP contribution in [-0.4, -0.2) is 21.5 Å². The van der Waals surface area contributed by atoms with Gasteiger partial charge in [-0.2, -0.15) is 0 Å². The van der Waals surface area contributed by atoms with E-state index >= 15 is 0 Å². The molecule has 0 amide bonds. The van der Waals surface area contributed by atoms with Gasteiger partial charge in [-0.3, -0.25) is 0 Å². The van der Waals surface area contributed by atoms with E-state index in [9.17, 15) is 13.2 Å². The van der Waals surface area contributed by atoms with Gasteiger partial charge in [0, 0.05) is 6.04 Å². The number of esters is 1. The third-order valence-corrected chi connectivity index (χ3v) is 5.43. The minimum absolute atomic E-state index is 0.0317. The minimum Gasteiger partial charge on any atom is -0.465 e. The van der Waals surface area contributed by atoms with E-state index in [2.05, 4.69) is 9.46 Å². The Morgan fingerprint density at radius 2 is 1.56 bits per heavy atom. The molecule has 0 bridgehead atoms. The Labute approximate surface area is 149 Å². The minimum atomic E-state index is -3.64. The molecular weight excluding hydrogens is 338 g/mol. The molecule has 0 heterocycles. The van der Waals surface area contributed by atoms with Crippen LogP contribution in [0.3, 0.4) is 0 Å². The van der Waals surface area contributed by atoms with Crippen molar-refractivity contribution >= 4 is 16.0 Å². The summed E-state index contributed by atoms with van der Waals surface area (Å²) in [6.45, 7) is 5.79. The fourth-order valence-corrected chi connectivity index (χ4v) is 3.86. The van der Waals surface area contributed by atoms with Crippen LogP contribution >= 0.6 is 0 Å². The van der Waals surface area contributed by atoms with E-state index in [1.165, 1.54) is 7.11 Å². The first-order chi connectivity index (χ1) is 11.7. The summed E-state index contributed by atoms with van der Waals surface area (Å²) in [7, 11) is -2.32. The van der Waals surface area contributed by atoms with Crippen molar-refractivity contribution in [1.29, 1.82) is 0 Å². The second kappa shape index (κ2) is 7.80. The van der Waals surface area contributed by atoms with E-state index in [0.29, 0.717) is 5.56 Å². The zero-order valence-corrected chi connectivity index (χ0v) is 15.6. The fourth-order valence-electron chi connectivity index (χ4n) is 2.49. The van der Waals surface area contributed by atoms with Crippen LogP contribution in [0.1, 0.15) is 41.4 Å². The van der Waals surface area contributed by atoms with Crippen LogP contribution in [0.15, 0.2) is 53.4 Å². The lowest BCUT2D eigenvalue weighted by Gasteiger charge is -2.23. The highest BCUT2D eigenvalue weighted by Gasteiger charge is 2.24. The summed E-state index contributed by atoms with van der Waals surface area (Å²) in [5.74, 6) is -0.392. The Hall–Kier alpha value is -2.18. The van der Waals surface area contributed by atoms with Gasteiger partial charge in [-0.05, 0) is 42.7 Å². The first kappa shape index (κ1) is 19.1. The molecule has 0 aromatic heterocycles. The molecule has 134 valence electrons. The van der Waals surface area contributed by atoms with Crippen molar-refractivity contribution in [3.05, 3.63) is 65.2 Å². The van der Waals surface area contributed by atoms with Crippen LogP contribution in [-0.2, 0) is 14.8 Å². The number of carbonyl (C=O) groups is 1. The molecule has 0 saturated carbocycles. The Morgan fingerprint density at radius 1 is 1.00 bits per heavy atom. The Bertz CT molecular complexity index is 825. The molecule has 25 heavy (non-hydrogen) atoms. The van der Waals surface area contributed by atoms with Crippen LogP contribution in [0.2, 0.25) is 0 Å². The summed E-state index contributed by atoms with van der Waals surface area (Å²) < 4.78 is 32.8. The van der Waals surface area contributed by atoms with Crippen molar-refractivity contribution in [2.75, 3.05) is 7.11 Å². The standard InChI is InChI=1S/C19H23NO4S/c1-13(2)18(15-7-9-16(10-8-15)19(21)24-4)20-25(22,23)17-11-5-14(3)6-12-17/h5-13,18,20H,1-4H3. The number of methoxy groups -OCH3 is 1. The second-order valence-corrected chi connectivity index (χ2v) is 7.98. The molecule has 1 N–H and O–H groups in total. The van der Waals surface area contributed by atoms with Crippen LogP contribution in [0, 0.1) is 12.8 Å². The SMILES string of the molecule is COC(=O)c1ccc(C(NS(=O)(=O)c2ccc(C)cc2)C(C)C)cc1. The van der Waals surface area contributed by atoms with Crippen LogP contribution in [0.5, 0.6) is 0 Å². The number of hydrogen-bond donors (Lipinski definition) is 1. The molecule has 0 aliphatic carbocycles. The lowest BCUT2D eigenvalue weighted by atomic mass is 9.96. The van der Waals surface area contributed by atoms with Gasteiger partial charge >= 0.3 is 5.97 Å². The van der Waals surface area contributed by atoms with E-state index < -0.39 is 22.0 Å². The normalized spacial score (nSPS) is 12.8. The van der Waals surface area contributed by atoms with Gasteiger partial charge in [0.15, 0.2) is 0 Å². The van der Waals surface area contributed by atoms with Crippen molar-refractivity contribution in [3.8, 4) is 0 Å². The van der Waals surface area contributed by atoms with Crippen molar-refractivity contribution in [2.45, 2.75) is 31.7 Å². The first-order valence-electron chi connectivity index (χ1n) is 8.02. The second-order valence-electron chi connectivity index (χ2n) is 6.27. The van der Waals surface area contributed by atoms with Crippen LogP contribution < -0.4 is 4.72 Å². The molecule has 0 aliphatic rings. The molecule has 2 aromatic carbocycles. The summed E-state index contributed by atoms with van der Waals surface area (Å²) in [4.78, 5) is 11.8. The molecular formula is C19H23NO4S. The predicted octanol–water partition coefficient (Wildman–Crippen LogP) is 3.46. The maximum Gasteiger partial charge on any atom is 0.337 e. The van der Waals surface area contributed by atoms with E-state index in [-0.39, 0.29) is 10.8 Å². The average Bonchev–Trinajstić information content (AvgIpc) is 2.59. The predicted molar refractivity (Wildman–Crippen MR) is 96.9 cm³/mol. The average molecular weight is 361 g/mol. The van der Waals surface area contributed by atoms with Gasteiger partial charge < -0.3 is 4.74 Å². The van der Waals surface area contributed by atoms with E-state index in [0.717, 1.165) is 11.1 Å². The van der Waals surface area contributed by atoms with E-state index in [4.69, 9.17) is 0 Å². The molecule has 2 aromatic rings. The van der Waals surface area contributed by atoms with Crippen LogP contribution in [0.25, 0.3) is 0 Å². The van der Waals surface area contributed by atoms with E-state index in [1.807, 2.05) is 20.8 Å². The fraction of sp³-hybridized carbons (Fsp3) is 0.316. The summed E-state index contributed by atoms with van der Waals surface area (Å²) in [5, 5.41) is 0. The molecule has 1 unspecified atom stereocenters. The highest BCUT2D eigenvalue weighted by atomic mass is 32.2. The number of hydrogen-bond acceptors (Lipinski definition) is 4. The van der Waals surface area contributed by atoms with Crippen molar-refractivity contribution in [3.63, 3.8) is 0 Å². The number of ether oxygens (including phenoxy) is 1. The Morgan fingerprint density at radius 3 is 2.04 bits per heavy atom. The molecule has 6 heteroatoms. The highest BCUT2D eigenvalue weighted by molar-refractivity contribution is 7.89. The zero-order chi connectivity index (χ0) is 18.6. The maximum absolute atomic E-state index is 12.7. The number of rotatable bonds is 6. The molecule has 1 atom stereocenters.